The molecule has 1 N–H and O–H groups in total. The molecule has 0 atom stereocenters. The SMILES string of the molecule is Cc1cc(CNCc2sccc2C)n(C)n1. The van der Waals surface area contributed by atoms with Gasteiger partial charge in [0.05, 0.1) is 11.4 Å². The first-order valence-corrected chi connectivity index (χ1v) is 6.28. The van der Waals surface area contributed by atoms with Crippen molar-refractivity contribution in [3.8, 4) is 0 Å². The Morgan fingerprint density at radius 2 is 2.19 bits per heavy atom. The smallest absolute Gasteiger partial charge is 0.0597 e. The van der Waals surface area contributed by atoms with Crippen LogP contribution in [0.25, 0.3) is 0 Å². The summed E-state index contributed by atoms with van der Waals surface area (Å²) in [5, 5.41) is 9.91. The molecule has 2 rings (SSSR count). The number of nitrogens with one attached hydrogen (secondary N) is 1. The zero-order chi connectivity index (χ0) is 11.5. The van der Waals surface area contributed by atoms with E-state index in [4.69, 9.17) is 0 Å². The average molecular weight is 235 g/mol. The first kappa shape index (κ1) is 11.4. The second-order valence-corrected chi connectivity index (χ2v) is 5.03. The molecule has 0 aromatic carbocycles. The highest BCUT2D eigenvalue weighted by atomic mass is 32.1. The Kier molecular flexibility index (Phi) is 3.41. The number of nitrogens with zero attached hydrogens (tertiary/aromatic N) is 2. The molecule has 0 aliphatic carbocycles. The quantitative estimate of drug-likeness (QED) is 0.882. The van der Waals surface area contributed by atoms with Crippen LogP contribution >= 0.6 is 11.3 Å². The molecule has 2 heterocycles. The Morgan fingerprint density at radius 1 is 1.38 bits per heavy atom. The zero-order valence-corrected chi connectivity index (χ0v) is 10.8. The van der Waals surface area contributed by atoms with E-state index in [9.17, 15) is 0 Å². The Labute approximate surface area is 100 Å². The molecule has 0 unspecified atom stereocenters. The van der Waals surface area contributed by atoms with Crippen LogP contribution in [0.1, 0.15) is 21.8 Å². The van der Waals surface area contributed by atoms with Crippen LogP contribution in [-0.4, -0.2) is 9.78 Å². The lowest BCUT2D eigenvalue weighted by Crippen LogP contribution is -2.14. The van der Waals surface area contributed by atoms with Crippen LogP contribution in [0.3, 0.4) is 0 Å². The predicted octanol–water partition coefficient (Wildman–Crippen LogP) is 2.39. The van der Waals surface area contributed by atoms with Gasteiger partial charge in [0.15, 0.2) is 0 Å². The van der Waals surface area contributed by atoms with Gasteiger partial charge in [-0.05, 0) is 36.9 Å². The van der Waals surface area contributed by atoms with E-state index >= 15 is 0 Å². The highest BCUT2D eigenvalue weighted by molar-refractivity contribution is 7.10. The third kappa shape index (κ3) is 2.51. The molecule has 0 spiro atoms. The summed E-state index contributed by atoms with van der Waals surface area (Å²) in [6.45, 7) is 5.98. The minimum atomic E-state index is 0.870. The summed E-state index contributed by atoms with van der Waals surface area (Å²) in [4.78, 5) is 1.42. The van der Waals surface area contributed by atoms with Gasteiger partial charge in [0.1, 0.15) is 0 Å². The first-order valence-electron chi connectivity index (χ1n) is 5.40. The van der Waals surface area contributed by atoms with Gasteiger partial charge in [0.2, 0.25) is 0 Å². The van der Waals surface area contributed by atoms with Crippen molar-refractivity contribution in [2.45, 2.75) is 26.9 Å². The predicted molar refractivity (Wildman–Crippen MR) is 67.5 cm³/mol. The maximum atomic E-state index is 4.32. The van der Waals surface area contributed by atoms with Crippen molar-refractivity contribution in [1.82, 2.24) is 15.1 Å². The summed E-state index contributed by atoms with van der Waals surface area (Å²) in [6.07, 6.45) is 0. The van der Waals surface area contributed by atoms with Crippen molar-refractivity contribution in [2.24, 2.45) is 7.05 Å². The van der Waals surface area contributed by atoms with Crippen molar-refractivity contribution in [3.05, 3.63) is 39.3 Å². The van der Waals surface area contributed by atoms with Crippen molar-refractivity contribution in [2.75, 3.05) is 0 Å². The number of aryl methyl sites for hydroxylation is 3. The maximum Gasteiger partial charge on any atom is 0.0597 e. The molecule has 16 heavy (non-hydrogen) atoms. The fraction of sp³-hybridized carbons (Fsp3) is 0.417. The number of rotatable bonds is 4. The third-order valence-corrected chi connectivity index (χ3v) is 3.68. The van der Waals surface area contributed by atoms with E-state index in [1.807, 2.05) is 30.0 Å². The Bertz CT molecular complexity index is 470. The number of hydrogen-bond acceptors (Lipinski definition) is 3. The fourth-order valence-corrected chi connectivity index (χ4v) is 2.59. The van der Waals surface area contributed by atoms with E-state index in [0.29, 0.717) is 0 Å². The van der Waals surface area contributed by atoms with Gasteiger partial charge >= 0.3 is 0 Å². The minimum Gasteiger partial charge on any atom is -0.306 e. The molecule has 0 saturated carbocycles. The summed E-state index contributed by atoms with van der Waals surface area (Å²) in [6, 6.07) is 4.28. The van der Waals surface area contributed by atoms with E-state index in [-0.39, 0.29) is 0 Å². The molecule has 0 fully saturated rings. The first-order chi connectivity index (χ1) is 7.66. The Balaban J connectivity index is 1.89. The van der Waals surface area contributed by atoms with E-state index in [0.717, 1.165) is 18.8 Å². The van der Waals surface area contributed by atoms with E-state index < -0.39 is 0 Å². The fourth-order valence-electron chi connectivity index (χ4n) is 1.72. The number of thiophene rings is 1. The molecule has 0 amide bonds. The van der Waals surface area contributed by atoms with E-state index in [1.165, 1.54) is 16.1 Å². The van der Waals surface area contributed by atoms with Gasteiger partial charge in [0, 0.05) is 25.0 Å². The van der Waals surface area contributed by atoms with E-state index in [2.05, 4.69) is 34.9 Å². The molecule has 2 aromatic rings. The molecule has 0 aliphatic heterocycles. The molecule has 2 aromatic heterocycles. The largest absolute Gasteiger partial charge is 0.306 e. The van der Waals surface area contributed by atoms with Gasteiger partial charge in [-0.2, -0.15) is 5.10 Å². The van der Waals surface area contributed by atoms with Crippen molar-refractivity contribution in [3.63, 3.8) is 0 Å². The molecule has 0 radical (unpaired) electrons. The summed E-state index contributed by atoms with van der Waals surface area (Å²) in [7, 11) is 1.99. The van der Waals surface area contributed by atoms with Crippen molar-refractivity contribution in [1.29, 1.82) is 0 Å². The molecule has 0 aliphatic rings. The van der Waals surface area contributed by atoms with Crippen molar-refractivity contribution >= 4 is 11.3 Å². The molecular weight excluding hydrogens is 218 g/mol. The summed E-state index contributed by atoms with van der Waals surface area (Å²) < 4.78 is 1.93. The third-order valence-electron chi connectivity index (χ3n) is 2.66. The van der Waals surface area contributed by atoms with Crippen LogP contribution in [0.4, 0.5) is 0 Å². The second-order valence-electron chi connectivity index (χ2n) is 4.03. The van der Waals surface area contributed by atoms with Gasteiger partial charge in [0.25, 0.3) is 0 Å². The highest BCUT2D eigenvalue weighted by Crippen LogP contribution is 2.15. The Morgan fingerprint density at radius 3 is 2.75 bits per heavy atom. The lowest BCUT2D eigenvalue weighted by Gasteiger charge is -2.04. The lowest BCUT2D eigenvalue weighted by atomic mass is 10.3. The van der Waals surface area contributed by atoms with Gasteiger partial charge in [-0.15, -0.1) is 11.3 Å². The zero-order valence-electron chi connectivity index (χ0n) is 9.95. The maximum absolute atomic E-state index is 4.32. The van der Waals surface area contributed by atoms with Crippen molar-refractivity contribution < 1.29 is 0 Å². The Hall–Kier alpha value is -1.13. The van der Waals surface area contributed by atoms with Gasteiger partial charge in [-0.3, -0.25) is 4.68 Å². The molecule has 4 heteroatoms. The van der Waals surface area contributed by atoms with Crippen LogP contribution < -0.4 is 5.32 Å². The molecule has 0 bridgehead atoms. The van der Waals surface area contributed by atoms with Crippen LogP contribution in [0.5, 0.6) is 0 Å². The topological polar surface area (TPSA) is 29.9 Å². The minimum absolute atomic E-state index is 0.870. The van der Waals surface area contributed by atoms with Crippen LogP contribution in [-0.2, 0) is 20.1 Å². The van der Waals surface area contributed by atoms with Crippen LogP contribution in [0.15, 0.2) is 17.5 Å². The summed E-state index contributed by atoms with van der Waals surface area (Å²) >= 11 is 1.81. The van der Waals surface area contributed by atoms with Crippen LogP contribution in [0, 0.1) is 13.8 Å². The molecule has 0 saturated heterocycles. The molecule has 86 valence electrons. The number of hydrogen-bond donors (Lipinski definition) is 1. The summed E-state index contributed by atoms with van der Waals surface area (Å²) in [5.74, 6) is 0. The second kappa shape index (κ2) is 4.80. The molecular formula is C12H17N3S. The molecule has 3 nitrogen and oxygen atoms in total. The standard InChI is InChI=1S/C12H17N3S/c1-9-4-5-16-12(9)8-13-7-11-6-10(2)14-15(11)3/h4-6,13H,7-8H2,1-3H3. The van der Waals surface area contributed by atoms with Gasteiger partial charge in [-0.1, -0.05) is 0 Å². The van der Waals surface area contributed by atoms with Gasteiger partial charge < -0.3 is 5.32 Å². The van der Waals surface area contributed by atoms with Gasteiger partial charge in [-0.25, -0.2) is 0 Å². The van der Waals surface area contributed by atoms with E-state index in [1.54, 1.807) is 0 Å². The average Bonchev–Trinajstić information content (AvgIpc) is 2.75. The summed E-state index contributed by atoms with van der Waals surface area (Å²) in [5.41, 5.74) is 3.68. The lowest BCUT2D eigenvalue weighted by molar-refractivity contribution is 0.627. The highest BCUT2D eigenvalue weighted by Gasteiger charge is 2.02. The monoisotopic (exact) mass is 235 g/mol. The number of aromatic nitrogens is 2. The van der Waals surface area contributed by atoms with Crippen LogP contribution in [0.2, 0.25) is 0 Å². The normalized spacial score (nSPS) is 10.9.